The highest BCUT2D eigenvalue weighted by molar-refractivity contribution is 6.03. The standard InChI is InChI=1S/C16H19NO5/c1-4-21-15(19)12(16(20)22-5-2)13-10-8-6-7-9-11(10)14(18)17(13)3/h6-9,12-13H,4-5H2,1-3H3. The molecule has 1 unspecified atom stereocenters. The molecule has 6 nitrogen and oxygen atoms in total. The molecule has 0 bridgehead atoms. The quantitative estimate of drug-likeness (QED) is 0.609. The first-order valence-corrected chi connectivity index (χ1v) is 7.22. The van der Waals surface area contributed by atoms with Crippen molar-refractivity contribution in [3.05, 3.63) is 35.4 Å². The minimum absolute atomic E-state index is 0.154. The van der Waals surface area contributed by atoms with E-state index in [9.17, 15) is 14.4 Å². The van der Waals surface area contributed by atoms with Gasteiger partial charge in [-0.3, -0.25) is 14.4 Å². The molecule has 1 amide bonds. The zero-order valence-corrected chi connectivity index (χ0v) is 12.9. The van der Waals surface area contributed by atoms with Crippen molar-refractivity contribution in [3.8, 4) is 0 Å². The Hall–Kier alpha value is -2.37. The van der Waals surface area contributed by atoms with Crippen LogP contribution < -0.4 is 0 Å². The highest BCUT2D eigenvalue weighted by atomic mass is 16.6. The molecule has 0 aromatic heterocycles. The van der Waals surface area contributed by atoms with Crippen LogP contribution >= 0.6 is 0 Å². The van der Waals surface area contributed by atoms with Gasteiger partial charge in [0.1, 0.15) is 0 Å². The minimum Gasteiger partial charge on any atom is -0.465 e. The smallest absolute Gasteiger partial charge is 0.322 e. The Morgan fingerprint density at radius 2 is 1.68 bits per heavy atom. The second-order valence-corrected chi connectivity index (χ2v) is 4.93. The first-order valence-electron chi connectivity index (χ1n) is 7.22. The number of carbonyl (C=O) groups is 3. The molecule has 1 atom stereocenters. The van der Waals surface area contributed by atoms with Gasteiger partial charge in [0.25, 0.3) is 5.91 Å². The minimum atomic E-state index is -1.18. The molecule has 0 spiro atoms. The van der Waals surface area contributed by atoms with Crippen molar-refractivity contribution < 1.29 is 23.9 Å². The predicted molar refractivity (Wildman–Crippen MR) is 78.0 cm³/mol. The molecule has 1 aromatic carbocycles. The summed E-state index contributed by atoms with van der Waals surface area (Å²) in [6.07, 6.45) is 0. The van der Waals surface area contributed by atoms with Gasteiger partial charge in [0.15, 0.2) is 5.92 Å². The largest absolute Gasteiger partial charge is 0.465 e. The van der Waals surface area contributed by atoms with Gasteiger partial charge in [-0.2, -0.15) is 0 Å². The van der Waals surface area contributed by atoms with Gasteiger partial charge in [-0.25, -0.2) is 0 Å². The van der Waals surface area contributed by atoms with E-state index in [1.54, 1.807) is 45.2 Å². The van der Waals surface area contributed by atoms with Gasteiger partial charge in [-0.15, -0.1) is 0 Å². The van der Waals surface area contributed by atoms with Crippen LogP contribution in [0.3, 0.4) is 0 Å². The summed E-state index contributed by atoms with van der Waals surface area (Å²) in [4.78, 5) is 38.2. The summed E-state index contributed by atoms with van der Waals surface area (Å²) in [6.45, 7) is 3.64. The van der Waals surface area contributed by atoms with Crippen LogP contribution in [0, 0.1) is 5.92 Å². The van der Waals surface area contributed by atoms with E-state index in [4.69, 9.17) is 9.47 Å². The number of benzene rings is 1. The third-order valence-electron chi connectivity index (χ3n) is 3.64. The third kappa shape index (κ3) is 2.68. The molecule has 22 heavy (non-hydrogen) atoms. The van der Waals surface area contributed by atoms with Crippen LogP contribution in [-0.2, 0) is 19.1 Å². The fourth-order valence-corrected chi connectivity index (χ4v) is 2.70. The first kappa shape index (κ1) is 16.0. The van der Waals surface area contributed by atoms with Gasteiger partial charge in [0.2, 0.25) is 0 Å². The summed E-state index contributed by atoms with van der Waals surface area (Å²) in [6, 6.07) is 6.23. The predicted octanol–water partition coefficient (Wildman–Crippen LogP) is 1.56. The van der Waals surface area contributed by atoms with E-state index < -0.39 is 23.9 Å². The topological polar surface area (TPSA) is 72.9 Å². The molecule has 0 N–H and O–H groups in total. The number of carbonyl (C=O) groups excluding carboxylic acids is 3. The second-order valence-electron chi connectivity index (χ2n) is 4.93. The van der Waals surface area contributed by atoms with Crippen molar-refractivity contribution in [2.24, 2.45) is 5.92 Å². The molecular weight excluding hydrogens is 286 g/mol. The molecule has 1 aliphatic rings. The average Bonchev–Trinajstić information content (AvgIpc) is 2.74. The normalized spacial score (nSPS) is 16.6. The first-order chi connectivity index (χ1) is 10.5. The number of ether oxygens (including phenoxy) is 2. The van der Waals surface area contributed by atoms with E-state index in [2.05, 4.69) is 0 Å². The zero-order valence-electron chi connectivity index (χ0n) is 12.9. The Balaban J connectivity index is 2.45. The summed E-state index contributed by atoms with van der Waals surface area (Å²) in [5, 5.41) is 0. The molecule has 0 saturated carbocycles. The lowest BCUT2D eigenvalue weighted by molar-refractivity contribution is -0.164. The number of esters is 2. The van der Waals surface area contributed by atoms with Gasteiger partial charge < -0.3 is 14.4 Å². The molecule has 0 fully saturated rings. The fourth-order valence-electron chi connectivity index (χ4n) is 2.70. The Kier molecular flexibility index (Phi) is 4.80. The summed E-state index contributed by atoms with van der Waals surface area (Å²) in [5.41, 5.74) is 1.13. The molecule has 6 heteroatoms. The van der Waals surface area contributed by atoms with Crippen molar-refractivity contribution in [3.63, 3.8) is 0 Å². The SMILES string of the molecule is CCOC(=O)C(C(=O)OCC)C1c2ccccc2C(=O)N1C. The van der Waals surface area contributed by atoms with Crippen LogP contribution in [0.1, 0.15) is 35.8 Å². The van der Waals surface area contributed by atoms with Gasteiger partial charge >= 0.3 is 11.9 Å². The number of fused-ring (bicyclic) bond motifs is 1. The number of rotatable bonds is 5. The van der Waals surface area contributed by atoms with Crippen LogP contribution in [-0.4, -0.2) is 43.0 Å². The lowest BCUT2D eigenvalue weighted by Crippen LogP contribution is -2.39. The van der Waals surface area contributed by atoms with Crippen LogP contribution in [0.5, 0.6) is 0 Å². The number of hydrogen-bond donors (Lipinski definition) is 0. The monoisotopic (exact) mass is 305 g/mol. The van der Waals surface area contributed by atoms with Gasteiger partial charge in [-0.05, 0) is 25.5 Å². The summed E-state index contributed by atoms with van der Waals surface area (Å²) >= 11 is 0. The number of hydrogen-bond acceptors (Lipinski definition) is 5. The molecule has 118 valence electrons. The van der Waals surface area contributed by atoms with E-state index >= 15 is 0 Å². The zero-order chi connectivity index (χ0) is 16.3. The summed E-state index contributed by atoms with van der Waals surface area (Å²) in [7, 11) is 1.57. The van der Waals surface area contributed by atoms with E-state index in [1.165, 1.54) is 4.90 Å². The Morgan fingerprint density at radius 3 is 2.23 bits per heavy atom. The van der Waals surface area contributed by atoms with Crippen LogP contribution in [0.25, 0.3) is 0 Å². The maximum Gasteiger partial charge on any atom is 0.322 e. The van der Waals surface area contributed by atoms with Crippen LogP contribution in [0.2, 0.25) is 0 Å². The van der Waals surface area contributed by atoms with Crippen LogP contribution in [0.15, 0.2) is 24.3 Å². The second kappa shape index (κ2) is 6.60. The summed E-state index contributed by atoms with van der Waals surface area (Å²) in [5.74, 6) is -2.76. The average molecular weight is 305 g/mol. The molecular formula is C16H19NO5. The molecule has 1 heterocycles. The fraction of sp³-hybridized carbons (Fsp3) is 0.438. The van der Waals surface area contributed by atoms with E-state index in [0.29, 0.717) is 11.1 Å². The lowest BCUT2D eigenvalue weighted by Gasteiger charge is -2.26. The molecule has 0 saturated heterocycles. The van der Waals surface area contributed by atoms with Gasteiger partial charge in [0.05, 0.1) is 19.3 Å². The molecule has 1 aromatic rings. The molecule has 0 radical (unpaired) electrons. The third-order valence-corrected chi connectivity index (χ3v) is 3.64. The highest BCUT2D eigenvalue weighted by Gasteiger charge is 2.47. The lowest BCUT2D eigenvalue weighted by atomic mass is 9.92. The summed E-state index contributed by atoms with van der Waals surface area (Å²) < 4.78 is 10.0. The molecule has 0 aliphatic carbocycles. The van der Waals surface area contributed by atoms with Gasteiger partial charge in [-0.1, -0.05) is 18.2 Å². The number of amides is 1. The molecule has 2 rings (SSSR count). The van der Waals surface area contributed by atoms with Crippen molar-refractivity contribution in [2.45, 2.75) is 19.9 Å². The van der Waals surface area contributed by atoms with Crippen molar-refractivity contribution in [1.29, 1.82) is 0 Å². The Labute approximate surface area is 129 Å². The van der Waals surface area contributed by atoms with Gasteiger partial charge in [0, 0.05) is 12.6 Å². The van der Waals surface area contributed by atoms with Crippen molar-refractivity contribution in [2.75, 3.05) is 20.3 Å². The highest BCUT2D eigenvalue weighted by Crippen LogP contribution is 2.38. The number of nitrogens with zero attached hydrogens (tertiary/aromatic N) is 1. The van der Waals surface area contributed by atoms with Crippen molar-refractivity contribution >= 4 is 17.8 Å². The molecule has 1 aliphatic heterocycles. The van der Waals surface area contributed by atoms with E-state index in [1.807, 2.05) is 0 Å². The Morgan fingerprint density at radius 1 is 1.14 bits per heavy atom. The van der Waals surface area contributed by atoms with Crippen molar-refractivity contribution in [1.82, 2.24) is 4.90 Å². The maximum atomic E-state index is 12.3. The van der Waals surface area contributed by atoms with E-state index in [-0.39, 0.29) is 19.1 Å². The van der Waals surface area contributed by atoms with E-state index in [0.717, 1.165) is 0 Å². The maximum absolute atomic E-state index is 12.3. The Bertz CT molecular complexity index is 580. The van der Waals surface area contributed by atoms with Crippen LogP contribution in [0.4, 0.5) is 0 Å².